The molecule has 8 nitrogen and oxygen atoms in total. The van der Waals surface area contributed by atoms with E-state index in [2.05, 4.69) is 26.9 Å². The quantitative estimate of drug-likeness (QED) is 0.577. The zero-order chi connectivity index (χ0) is 19.1. The second-order valence-corrected chi connectivity index (χ2v) is 6.99. The second-order valence-electron chi connectivity index (χ2n) is 6.99. The van der Waals surface area contributed by atoms with E-state index >= 15 is 0 Å². The lowest BCUT2D eigenvalue weighted by Crippen LogP contribution is -2.44. The maximum absolute atomic E-state index is 5.61. The third-order valence-electron chi connectivity index (χ3n) is 5.16. The van der Waals surface area contributed by atoms with Crippen molar-refractivity contribution in [2.45, 2.75) is 20.4 Å². The minimum absolute atomic E-state index is 0. The van der Waals surface area contributed by atoms with Gasteiger partial charge in [-0.05, 0) is 25.1 Å². The standard InChI is InChI=1S/C20H21N7O.CH4/c1-13-12-28-10-9-27(13)18-11-16(17-5-8-23-26(17)2)24-20(25-18)15-4-7-22-19-14(15)3-6-21-19;/h3-8,11,13H,9-10,12H2,1-2H3,(H,21,22);1H4/t13-;/m1./s1. The Morgan fingerprint density at radius 2 is 2.07 bits per heavy atom. The summed E-state index contributed by atoms with van der Waals surface area (Å²) in [6.45, 7) is 4.35. The molecule has 5 heterocycles. The van der Waals surface area contributed by atoms with Gasteiger partial charge >= 0.3 is 0 Å². The van der Waals surface area contributed by atoms with Gasteiger partial charge in [0.25, 0.3) is 0 Å². The molecule has 1 fully saturated rings. The molecule has 1 aliphatic rings. The highest BCUT2D eigenvalue weighted by atomic mass is 16.5. The Hall–Kier alpha value is -3.26. The van der Waals surface area contributed by atoms with Crippen LogP contribution < -0.4 is 4.90 Å². The summed E-state index contributed by atoms with van der Waals surface area (Å²) in [5, 5.41) is 5.31. The molecule has 0 aliphatic carbocycles. The lowest BCUT2D eigenvalue weighted by atomic mass is 10.1. The summed E-state index contributed by atoms with van der Waals surface area (Å²) >= 11 is 0. The second kappa shape index (κ2) is 7.63. The molecule has 1 aliphatic heterocycles. The van der Waals surface area contributed by atoms with Crippen LogP contribution >= 0.6 is 0 Å². The molecule has 1 saturated heterocycles. The number of nitrogens with one attached hydrogen (secondary N) is 1. The van der Waals surface area contributed by atoms with E-state index in [1.165, 1.54) is 0 Å². The number of aryl methyl sites for hydroxylation is 1. The van der Waals surface area contributed by atoms with Gasteiger partial charge in [0.05, 0.1) is 30.6 Å². The van der Waals surface area contributed by atoms with Crippen molar-refractivity contribution in [2.24, 2.45) is 7.05 Å². The van der Waals surface area contributed by atoms with E-state index < -0.39 is 0 Å². The van der Waals surface area contributed by atoms with E-state index in [-0.39, 0.29) is 13.5 Å². The summed E-state index contributed by atoms with van der Waals surface area (Å²) in [4.78, 5) is 19.6. The van der Waals surface area contributed by atoms with Crippen LogP contribution in [0.4, 0.5) is 5.82 Å². The predicted molar refractivity (Wildman–Crippen MR) is 114 cm³/mol. The molecule has 0 amide bonds. The molecule has 0 bridgehead atoms. The van der Waals surface area contributed by atoms with Crippen LogP contribution in [0.3, 0.4) is 0 Å². The van der Waals surface area contributed by atoms with E-state index in [4.69, 9.17) is 14.7 Å². The van der Waals surface area contributed by atoms with E-state index in [0.29, 0.717) is 19.0 Å². The third kappa shape index (κ3) is 3.36. The Morgan fingerprint density at radius 3 is 2.86 bits per heavy atom. The lowest BCUT2D eigenvalue weighted by Gasteiger charge is -2.34. The van der Waals surface area contributed by atoms with Gasteiger partial charge in [0, 0.05) is 49.2 Å². The van der Waals surface area contributed by atoms with Gasteiger partial charge in [0.2, 0.25) is 0 Å². The molecule has 1 atom stereocenters. The van der Waals surface area contributed by atoms with Gasteiger partial charge in [-0.25, -0.2) is 15.0 Å². The number of anilines is 1. The first-order valence-corrected chi connectivity index (χ1v) is 9.35. The van der Waals surface area contributed by atoms with Gasteiger partial charge in [-0.3, -0.25) is 4.68 Å². The van der Waals surface area contributed by atoms with Crippen molar-refractivity contribution >= 4 is 16.9 Å². The first-order valence-electron chi connectivity index (χ1n) is 9.35. The van der Waals surface area contributed by atoms with Crippen molar-refractivity contribution in [2.75, 3.05) is 24.7 Å². The number of hydrogen-bond acceptors (Lipinski definition) is 6. The molecule has 1 N–H and O–H groups in total. The Morgan fingerprint density at radius 1 is 1.17 bits per heavy atom. The Labute approximate surface area is 169 Å². The topological polar surface area (TPSA) is 84.8 Å². The molecule has 150 valence electrons. The fourth-order valence-corrected chi connectivity index (χ4v) is 3.68. The van der Waals surface area contributed by atoms with E-state index in [1.54, 1.807) is 12.4 Å². The molecule has 5 rings (SSSR count). The third-order valence-corrected chi connectivity index (χ3v) is 5.16. The van der Waals surface area contributed by atoms with Gasteiger partial charge in [-0.1, -0.05) is 7.43 Å². The number of pyridine rings is 1. The number of hydrogen-bond donors (Lipinski definition) is 1. The maximum atomic E-state index is 5.61. The molecule has 4 aromatic rings. The molecule has 0 aromatic carbocycles. The van der Waals surface area contributed by atoms with Crippen molar-refractivity contribution < 1.29 is 4.74 Å². The number of aromatic nitrogens is 6. The fraction of sp³-hybridized carbons (Fsp3) is 0.333. The van der Waals surface area contributed by atoms with E-state index in [9.17, 15) is 0 Å². The summed E-state index contributed by atoms with van der Waals surface area (Å²) in [6.07, 6.45) is 5.45. The summed E-state index contributed by atoms with van der Waals surface area (Å²) < 4.78 is 7.44. The molecule has 29 heavy (non-hydrogen) atoms. The van der Waals surface area contributed by atoms with Gasteiger partial charge in [-0.2, -0.15) is 5.10 Å². The van der Waals surface area contributed by atoms with Gasteiger partial charge in [0.15, 0.2) is 5.82 Å². The fourth-order valence-electron chi connectivity index (χ4n) is 3.68. The van der Waals surface area contributed by atoms with Crippen LogP contribution in [0.2, 0.25) is 0 Å². The van der Waals surface area contributed by atoms with E-state index in [1.807, 2.05) is 42.2 Å². The average Bonchev–Trinajstić information content (AvgIpc) is 3.36. The molecule has 0 saturated carbocycles. The molecule has 0 spiro atoms. The number of ether oxygens (including phenoxy) is 1. The average molecular weight is 391 g/mol. The van der Waals surface area contributed by atoms with Crippen molar-refractivity contribution in [1.29, 1.82) is 0 Å². The van der Waals surface area contributed by atoms with Gasteiger partial charge < -0.3 is 14.6 Å². The first-order chi connectivity index (χ1) is 13.7. The molecular weight excluding hydrogens is 366 g/mol. The minimum atomic E-state index is 0. The summed E-state index contributed by atoms with van der Waals surface area (Å²) in [5.74, 6) is 1.58. The van der Waals surface area contributed by atoms with Crippen molar-refractivity contribution in [3.8, 4) is 22.8 Å². The highest BCUT2D eigenvalue weighted by Gasteiger charge is 2.23. The molecular formula is C21H25N7O. The molecule has 0 radical (unpaired) electrons. The van der Waals surface area contributed by atoms with Crippen LogP contribution in [0, 0.1) is 0 Å². The minimum Gasteiger partial charge on any atom is -0.377 e. The number of rotatable bonds is 3. The van der Waals surface area contributed by atoms with Crippen molar-refractivity contribution in [1.82, 2.24) is 29.7 Å². The van der Waals surface area contributed by atoms with Crippen LogP contribution in [-0.4, -0.2) is 55.5 Å². The number of nitrogens with zero attached hydrogens (tertiary/aromatic N) is 6. The summed E-state index contributed by atoms with van der Waals surface area (Å²) in [7, 11) is 1.92. The van der Waals surface area contributed by atoms with E-state index in [0.717, 1.165) is 40.3 Å². The summed E-state index contributed by atoms with van der Waals surface area (Å²) in [5.41, 5.74) is 3.58. The van der Waals surface area contributed by atoms with Crippen LogP contribution in [0.5, 0.6) is 0 Å². The maximum Gasteiger partial charge on any atom is 0.163 e. The first kappa shape index (κ1) is 19.1. The van der Waals surface area contributed by atoms with Gasteiger partial charge in [0.1, 0.15) is 11.5 Å². The van der Waals surface area contributed by atoms with Crippen LogP contribution in [0.15, 0.2) is 42.9 Å². The number of fused-ring (bicyclic) bond motifs is 1. The van der Waals surface area contributed by atoms with Crippen molar-refractivity contribution in [3.63, 3.8) is 0 Å². The van der Waals surface area contributed by atoms with Gasteiger partial charge in [-0.15, -0.1) is 0 Å². The predicted octanol–water partition coefficient (Wildman–Crippen LogP) is 3.28. The smallest absolute Gasteiger partial charge is 0.163 e. The van der Waals surface area contributed by atoms with Crippen LogP contribution in [0.25, 0.3) is 33.8 Å². The molecule has 8 heteroatoms. The highest BCUT2D eigenvalue weighted by Crippen LogP contribution is 2.30. The zero-order valence-electron chi connectivity index (χ0n) is 15.8. The number of aromatic amines is 1. The largest absolute Gasteiger partial charge is 0.377 e. The molecule has 0 unspecified atom stereocenters. The Kier molecular flexibility index (Phi) is 5.02. The SMILES string of the molecule is C.C[C@@H]1COCCN1c1cc(-c2ccnn2C)nc(-c2ccnc3[nH]ccc23)n1. The summed E-state index contributed by atoms with van der Waals surface area (Å²) in [6, 6.07) is 8.23. The number of morpholine rings is 1. The highest BCUT2D eigenvalue weighted by molar-refractivity contribution is 5.91. The lowest BCUT2D eigenvalue weighted by molar-refractivity contribution is 0.0985. The van der Waals surface area contributed by atoms with Crippen LogP contribution in [0.1, 0.15) is 14.4 Å². The van der Waals surface area contributed by atoms with Crippen molar-refractivity contribution in [3.05, 3.63) is 42.9 Å². The Balaban J connectivity index is 0.00000205. The monoisotopic (exact) mass is 391 g/mol. The number of H-pyrrole nitrogens is 1. The Bertz CT molecular complexity index is 1130. The van der Waals surface area contributed by atoms with Crippen LogP contribution in [-0.2, 0) is 11.8 Å². The zero-order valence-corrected chi connectivity index (χ0v) is 15.8. The molecule has 4 aromatic heterocycles. The normalized spacial score (nSPS) is 16.8.